The number of ether oxygens (including phenoxy) is 2. The normalized spacial score (nSPS) is 24.1. The van der Waals surface area contributed by atoms with E-state index in [-0.39, 0.29) is 6.29 Å². The highest BCUT2D eigenvalue weighted by Gasteiger charge is 2.16. The second-order valence-electron chi connectivity index (χ2n) is 4.66. The average molecular weight is 211 g/mol. The first-order chi connectivity index (χ1) is 7.22. The van der Waals surface area contributed by atoms with Crippen LogP contribution in [0.1, 0.15) is 39.5 Å². The molecule has 1 rings (SSSR count). The highest BCUT2D eigenvalue weighted by atomic mass is 16.7. The average Bonchev–Trinajstić information content (AvgIpc) is 2.25. The third kappa shape index (κ3) is 5.33. The quantitative estimate of drug-likeness (QED) is 0.672. The molecular weight excluding hydrogens is 188 g/mol. The summed E-state index contributed by atoms with van der Waals surface area (Å²) in [5.41, 5.74) is 0. The molecule has 0 spiro atoms. The molecule has 1 heterocycles. The fourth-order valence-corrected chi connectivity index (χ4v) is 1.85. The SMILES string of the molecule is C=[C]C(COC1CCCCO1)CC(C)C. The van der Waals surface area contributed by atoms with Crippen LogP contribution in [0, 0.1) is 17.9 Å². The molecule has 0 aromatic carbocycles. The molecule has 0 aromatic rings. The Morgan fingerprint density at radius 2 is 2.27 bits per heavy atom. The predicted octanol–water partition coefficient (Wildman–Crippen LogP) is 3.18. The highest BCUT2D eigenvalue weighted by molar-refractivity contribution is 4.71. The van der Waals surface area contributed by atoms with Crippen LogP contribution in [0.2, 0.25) is 0 Å². The Balaban J connectivity index is 2.17. The third-order valence-electron chi connectivity index (χ3n) is 2.67. The lowest BCUT2D eigenvalue weighted by atomic mass is 9.98. The molecule has 2 nitrogen and oxygen atoms in total. The summed E-state index contributed by atoms with van der Waals surface area (Å²) in [7, 11) is 0. The van der Waals surface area contributed by atoms with Crippen molar-refractivity contribution < 1.29 is 9.47 Å². The second kappa shape index (κ2) is 7.02. The predicted molar refractivity (Wildman–Crippen MR) is 61.4 cm³/mol. The molecule has 0 amide bonds. The van der Waals surface area contributed by atoms with Crippen LogP contribution in [0.5, 0.6) is 0 Å². The van der Waals surface area contributed by atoms with Crippen LogP contribution in [-0.2, 0) is 9.47 Å². The van der Waals surface area contributed by atoms with Crippen molar-refractivity contribution in [1.29, 1.82) is 0 Å². The Morgan fingerprint density at radius 1 is 1.47 bits per heavy atom. The summed E-state index contributed by atoms with van der Waals surface area (Å²) >= 11 is 0. The molecular formula is C13H23O2. The maximum absolute atomic E-state index is 5.71. The summed E-state index contributed by atoms with van der Waals surface area (Å²) in [6, 6.07) is 0. The minimum absolute atomic E-state index is 0.0155. The summed E-state index contributed by atoms with van der Waals surface area (Å²) in [4.78, 5) is 0. The first-order valence-corrected chi connectivity index (χ1v) is 5.98. The molecule has 1 radical (unpaired) electrons. The zero-order valence-electron chi connectivity index (χ0n) is 10.00. The summed E-state index contributed by atoms with van der Waals surface area (Å²) in [6.45, 7) is 9.70. The molecule has 2 atom stereocenters. The zero-order valence-corrected chi connectivity index (χ0v) is 10.00. The van der Waals surface area contributed by atoms with Crippen LogP contribution < -0.4 is 0 Å². The van der Waals surface area contributed by atoms with Gasteiger partial charge in [-0.15, -0.1) is 0 Å². The van der Waals surface area contributed by atoms with Crippen LogP contribution in [-0.4, -0.2) is 19.5 Å². The van der Waals surface area contributed by atoms with E-state index in [1.165, 1.54) is 12.8 Å². The summed E-state index contributed by atoms with van der Waals surface area (Å²) in [5, 5.41) is 0. The smallest absolute Gasteiger partial charge is 0.157 e. The van der Waals surface area contributed by atoms with E-state index in [2.05, 4.69) is 26.5 Å². The zero-order chi connectivity index (χ0) is 11.1. The lowest BCUT2D eigenvalue weighted by Gasteiger charge is -2.24. The number of hydrogen-bond acceptors (Lipinski definition) is 2. The molecule has 0 N–H and O–H groups in total. The van der Waals surface area contributed by atoms with Gasteiger partial charge in [0.05, 0.1) is 6.61 Å². The van der Waals surface area contributed by atoms with Crippen molar-refractivity contribution in [3.63, 3.8) is 0 Å². The van der Waals surface area contributed by atoms with E-state index in [9.17, 15) is 0 Å². The van der Waals surface area contributed by atoms with E-state index in [1.807, 2.05) is 0 Å². The van der Waals surface area contributed by atoms with E-state index in [4.69, 9.17) is 9.47 Å². The molecule has 0 aliphatic carbocycles. The van der Waals surface area contributed by atoms with Gasteiger partial charge in [0.25, 0.3) is 0 Å². The van der Waals surface area contributed by atoms with Gasteiger partial charge in [-0.25, -0.2) is 0 Å². The molecule has 1 aliphatic heterocycles. The summed E-state index contributed by atoms with van der Waals surface area (Å²) in [5.74, 6) is 1.01. The van der Waals surface area contributed by atoms with Crippen molar-refractivity contribution in [3.8, 4) is 0 Å². The van der Waals surface area contributed by atoms with Crippen molar-refractivity contribution >= 4 is 0 Å². The number of rotatable bonds is 6. The number of hydrogen-bond donors (Lipinski definition) is 0. The molecule has 0 bridgehead atoms. The van der Waals surface area contributed by atoms with Crippen molar-refractivity contribution in [1.82, 2.24) is 0 Å². The molecule has 0 aromatic heterocycles. The lowest BCUT2D eigenvalue weighted by Crippen LogP contribution is -2.25. The van der Waals surface area contributed by atoms with Gasteiger partial charge in [0, 0.05) is 12.5 Å². The van der Waals surface area contributed by atoms with Crippen LogP contribution in [0.15, 0.2) is 6.58 Å². The topological polar surface area (TPSA) is 18.5 Å². The summed E-state index contributed by atoms with van der Waals surface area (Å²) < 4.78 is 11.2. The first-order valence-electron chi connectivity index (χ1n) is 5.98. The van der Waals surface area contributed by atoms with E-state index >= 15 is 0 Å². The van der Waals surface area contributed by atoms with Crippen molar-refractivity contribution in [2.45, 2.75) is 45.8 Å². The van der Waals surface area contributed by atoms with Crippen LogP contribution in [0.25, 0.3) is 0 Å². The Labute approximate surface area is 93.7 Å². The van der Waals surface area contributed by atoms with Gasteiger partial charge in [-0.1, -0.05) is 20.4 Å². The Bertz CT molecular complexity index is 171. The van der Waals surface area contributed by atoms with Gasteiger partial charge < -0.3 is 9.47 Å². The van der Waals surface area contributed by atoms with Crippen LogP contribution in [0.3, 0.4) is 0 Å². The van der Waals surface area contributed by atoms with E-state index in [0.717, 1.165) is 19.4 Å². The van der Waals surface area contributed by atoms with Crippen molar-refractivity contribution in [2.75, 3.05) is 13.2 Å². The molecule has 15 heavy (non-hydrogen) atoms. The van der Waals surface area contributed by atoms with Gasteiger partial charge >= 0.3 is 0 Å². The van der Waals surface area contributed by atoms with Gasteiger partial charge in [-0.3, -0.25) is 0 Å². The van der Waals surface area contributed by atoms with Gasteiger partial charge in [0.1, 0.15) is 0 Å². The minimum Gasteiger partial charge on any atom is -0.353 e. The molecule has 2 unspecified atom stereocenters. The molecule has 0 saturated carbocycles. The lowest BCUT2D eigenvalue weighted by molar-refractivity contribution is -0.167. The molecule has 1 saturated heterocycles. The van der Waals surface area contributed by atoms with Crippen molar-refractivity contribution in [3.05, 3.63) is 12.7 Å². The largest absolute Gasteiger partial charge is 0.353 e. The van der Waals surface area contributed by atoms with Crippen LogP contribution >= 0.6 is 0 Å². The van der Waals surface area contributed by atoms with Crippen molar-refractivity contribution in [2.24, 2.45) is 11.8 Å². The van der Waals surface area contributed by atoms with E-state index in [0.29, 0.717) is 18.4 Å². The maximum atomic E-state index is 5.71. The molecule has 87 valence electrons. The van der Waals surface area contributed by atoms with Gasteiger partial charge in [0.2, 0.25) is 0 Å². The Kier molecular flexibility index (Phi) is 5.96. The highest BCUT2D eigenvalue weighted by Crippen LogP contribution is 2.17. The Hall–Kier alpha value is -0.340. The molecule has 1 aliphatic rings. The first kappa shape index (κ1) is 12.7. The van der Waals surface area contributed by atoms with Crippen LogP contribution in [0.4, 0.5) is 0 Å². The molecule has 1 fully saturated rings. The van der Waals surface area contributed by atoms with E-state index in [1.54, 1.807) is 0 Å². The Morgan fingerprint density at radius 3 is 2.80 bits per heavy atom. The minimum atomic E-state index is 0.0155. The third-order valence-corrected chi connectivity index (χ3v) is 2.67. The summed E-state index contributed by atoms with van der Waals surface area (Å²) in [6.07, 6.45) is 7.57. The molecule has 2 heteroatoms. The standard InChI is InChI=1S/C13H23O2/c1-4-12(9-11(2)3)10-15-13-7-5-6-8-14-13/h11-13H,1,5-10H2,2-3H3. The monoisotopic (exact) mass is 211 g/mol. The second-order valence-corrected chi connectivity index (χ2v) is 4.66. The fraction of sp³-hybridized carbons (Fsp3) is 0.846. The van der Waals surface area contributed by atoms with Gasteiger partial charge in [0.15, 0.2) is 6.29 Å². The van der Waals surface area contributed by atoms with E-state index < -0.39 is 0 Å². The van der Waals surface area contributed by atoms with Gasteiger partial charge in [-0.05, 0) is 37.7 Å². The fourth-order valence-electron chi connectivity index (χ4n) is 1.85. The maximum Gasteiger partial charge on any atom is 0.157 e. The van der Waals surface area contributed by atoms with Gasteiger partial charge in [-0.2, -0.15) is 0 Å².